The first-order valence-corrected chi connectivity index (χ1v) is 8.03. The van der Waals surface area contributed by atoms with Crippen molar-refractivity contribution in [1.29, 1.82) is 0 Å². The third kappa shape index (κ3) is 3.80. The molecule has 10 heteroatoms. The molecule has 1 aromatic heterocycles. The van der Waals surface area contributed by atoms with Crippen molar-refractivity contribution in [1.82, 2.24) is 9.97 Å². The van der Waals surface area contributed by atoms with Crippen LogP contribution in [0.3, 0.4) is 0 Å². The van der Waals surface area contributed by atoms with Gasteiger partial charge in [-0.3, -0.25) is 0 Å². The Morgan fingerprint density at radius 3 is 2.67 bits per heavy atom. The van der Waals surface area contributed by atoms with Crippen molar-refractivity contribution in [2.24, 2.45) is 0 Å². The summed E-state index contributed by atoms with van der Waals surface area (Å²) < 4.78 is 44.5. The number of sulfonamides is 1. The number of aromatic nitrogens is 2. The molecule has 0 saturated carbocycles. The van der Waals surface area contributed by atoms with E-state index >= 15 is 0 Å². The molecule has 1 aromatic carbocycles. The topological polar surface area (TPSA) is 81.2 Å². The molecule has 1 heterocycles. The minimum atomic E-state index is -4.01. The number of rotatable bonds is 4. The highest BCUT2D eigenvalue weighted by Crippen LogP contribution is 2.25. The highest BCUT2D eigenvalue weighted by Gasteiger charge is 2.20. The third-order valence-electron chi connectivity index (χ3n) is 2.29. The predicted octanol–water partition coefficient (Wildman–Crippen LogP) is 2.84. The lowest BCUT2D eigenvalue weighted by atomic mass is 10.3. The van der Waals surface area contributed by atoms with Gasteiger partial charge in [-0.05, 0) is 34.1 Å². The second-order valence-electron chi connectivity index (χ2n) is 3.74. The molecule has 0 atom stereocenters. The van der Waals surface area contributed by atoms with Crippen LogP contribution < -0.4 is 9.46 Å². The second-order valence-corrected chi connectivity index (χ2v) is 6.63. The zero-order chi connectivity index (χ0) is 15.6. The van der Waals surface area contributed by atoms with Gasteiger partial charge in [-0.2, -0.15) is 4.98 Å². The lowest BCUT2D eigenvalue weighted by Gasteiger charge is -2.09. The van der Waals surface area contributed by atoms with Gasteiger partial charge in [0.15, 0.2) is 0 Å². The van der Waals surface area contributed by atoms with E-state index < -0.39 is 15.8 Å². The highest BCUT2D eigenvalue weighted by molar-refractivity contribution is 9.10. The smallest absolute Gasteiger partial charge is 0.265 e. The molecule has 0 saturated heterocycles. The molecule has 0 bridgehead atoms. The van der Waals surface area contributed by atoms with E-state index in [1.54, 1.807) is 0 Å². The van der Waals surface area contributed by atoms with E-state index in [0.717, 1.165) is 18.2 Å². The van der Waals surface area contributed by atoms with Gasteiger partial charge in [0.25, 0.3) is 10.0 Å². The predicted molar refractivity (Wildman–Crippen MR) is 78.5 cm³/mol. The van der Waals surface area contributed by atoms with Gasteiger partial charge in [-0.1, -0.05) is 11.6 Å². The summed E-state index contributed by atoms with van der Waals surface area (Å²) in [6, 6.07) is 4.50. The van der Waals surface area contributed by atoms with Crippen molar-refractivity contribution in [2.45, 2.75) is 4.90 Å². The van der Waals surface area contributed by atoms with Crippen LogP contribution in [0.5, 0.6) is 5.88 Å². The number of anilines is 1. The van der Waals surface area contributed by atoms with E-state index in [1.165, 1.54) is 13.2 Å². The zero-order valence-electron chi connectivity index (χ0n) is 10.5. The summed E-state index contributed by atoms with van der Waals surface area (Å²) in [5.41, 5.74) is 0. The fourth-order valence-corrected chi connectivity index (χ4v) is 3.58. The lowest BCUT2D eigenvalue weighted by Crippen LogP contribution is -2.16. The first-order valence-electron chi connectivity index (χ1n) is 5.38. The van der Waals surface area contributed by atoms with Crippen LogP contribution in [0.15, 0.2) is 33.6 Å². The van der Waals surface area contributed by atoms with Gasteiger partial charge in [0.2, 0.25) is 11.8 Å². The number of methoxy groups -OCH3 is 1. The number of nitrogens with zero attached hydrogens (tertiary/aromatic N) is 2. The van der Waals surface area contributed by atoms with Gasteiger partial charge in [-0.25, -0.2) is 22.5 Å². The van der Waals surface area contributed by atoms with Crippen LogP contribution in [0.1, 0.15) is 0 Å². The van der Waals surface area contributed by atoms with Gasteiger partial charge in [0.1, 0.15) is 15.9 Å². The Morgan fingerprint density at radius 2 is 2.05 bits per heavy atom. The van der Waals surface area contributed by atoms with Crippen molar-refractivity contribution in [3.63, 3.8) is 0 Å². The number of hydrogen-bond donors (Lipinski definition) is 1. The van der Waals surface area contributed by atoms with Crippen LogP contribution in [0, 0.1) is 5.82 Å². The number of ether oxygens (including phenoxy) is 1. The van der Waals surface area contributed by atoms with E-state index in [1.807, 2.05) is 0 Å². The summed E-state index contributed by atoms with van der Waals surface area (Å²) in [7, 11) is -2.65. The third-order valence-corrected chi connectivity index (χ3v) is 4.79. The molecular formula is C11H8BrClFN3O3S. The molecule has 1 N–H and O–H groups in total. The number of nitrogens with one attached hydrogen (secondary N) is 1. The van der Waals surface area contributed by atoms with Crippen molar-refractivity contribution >= 4 is 43.5 Å². The minimum absolute atomic E-state index is 0.0118. The molecule has 2 aromatic rings. The average Bonchev–Trinajstić information content (AvgIpc) is 2.36. The van der Waals surface area contributed by atoms with Crippen molar-refractivity contribution < 1.29 is 17.5 Å². The molecule has 2 rings (SSSR count). The molecule has 0 aliphatic carbocycles. The molecule has 21 heavy (non-hydrogen) atoms. The highest BCUT2D eigenvalue weighted by atomic mass is 79.9. The Kier molecular flexibility index (Phi) is 4.64. The summed E-state index contributed by atoms with van der Waals surface area (Å²) in [5.74, 6) is -0.719. The normalized spacial score (nSPS) is 11.2. The molecule has 0 radical (unpaired) electrons. The summed E-state index contributed by atoms with van der Waals surface area (Å²) >= 11 is 8.72. The summed E-state index contributed by atoms with van der Waals surface area (Å²) in [4.78, 5) is 7.39. The average molecular weight is 397 g/mol. The molecule has 0 fully saturated rings. The van der Waals surface area contributed by atoms with E-state index in [4.69, 9.17) is 16.3 Å². The van der Waals surface area contributed by atoms with Crippen LogP contribution in [0.25, 0.3) is 0 Å². The molecule has 0 amide bonds. The van der Waals surface area contributed by atoms with Crippen LogP contribution >= 0.6 is 27.5 Å². The van der Waals surface area contributed by atoms with Crippen molar-refractivity contribution in [3.05, 3.63) is 39.7 Å². The molecule has 0 unspecified atom stereocenters. The van der Waals surface area contributed by atoms with Gasteiger partial charge >= 0.3 is 0 Å². The van der Waals surface area contributed by atoms with E-state index in [-0.39, 0.29) is 26.3 Å². The maximum atomic E-state index is 13.0. The summed E-state index contributed by atoms with van der Waals surface area (Å²) in [6.45, 7) is 0. The van der Waals surface area contributed by atoms with Crippen molar-refractivity contribution in [3.8, 4) is 5.88 Å². The number of benzene rings is 1. The van der Waals surface area contributed by atoms with Gasteiger partial charge in [0, 0.05) is 10.5 Å². The first-order chi connectivity index (χ1) is 9.81. The van der Waals surface area contributed by atoms with Crippen LogP contribution in [-0.4, -0.2) is 25.5 Å². The Labute approximate surface area is 133 Å². The Balaban J connectivity index is 2.39. The fraction of sp³-hybridized carbons (Fsp3) is 0.0909. The molecular weight excluding hydrogens is 389 g/mol. The van der Waals surface area contributed by atoms with Crippen LogP contribution in [0.4, 0.5) is 10.3 Å². The monoisotopic (exact) mass is 395 g/mol. The largest absolute Gasteiger partial charge is 0.481 e. The minimum Gasteiger partial charge on any atom is -0.481 e. The summed E-state index contributed by atoms with van der Waals surface area (Å²) in [5, 5.41) is 0.0118. The fourth-order valence-electron chi connectivity index (χ4n) is 1.42. The standard InChI is InChI=1S/C11H8BrClFN3O3S/c1-20-10-5-9(13)15-11(16-10)17-21(18,19)8-3-2-6(14)4-7(8)12/h2-5H,1H3,(H,15,16,17). The van der Waals surface area contributed by atoms with Crippen LogP contribution in [-0.2, 0) is 10.0 Å². The van der Waals surface area contributed by atoms with E-state index in [0.29, 0.717) is 0 Å². The van der Waals surface area contributed by atoms with Crippen LogP contribution in [0.2, 0.25) is 5.15 Å². The summed E-state index contributed by atoms with van der Waals surface area (Å²) in [6.07, 6.45) is 0. The van der Waals surface area contributed by atoms with Gasteiger partial charge < -0.3 is 4.74 Å². The Morgan fingerprint density at radius 1 is 1.33 bits per heavy atom. The number of hydrogen-bond acceptors (Lipinski definition) is 5. The Hall–Kier alpha value is -1.45. The van der Waals surface area contributed by atoms with E-state index in [2.05, 4.69) is 30.6 Å². The molecule has 6 nitrogen and oxygen atoms in total. The lowest BCUT2D eigenvalue weighted by molar-refractivity contribution is 0.397. The molecule has 0 aliphatic rings. The number of halogens is 3. The second kappa shape index (κ2) is 6.12. The van der Waals surface area contributed by atoms with E-state index in [9.17, 15) is 12.8 Å². The molecule has 0 aliphatic heterocycles. The van der Waals surface area contributed by atoms with Gasteiger partial charge in [-0.15, -0.1) is 0 Å². The Bertz CT molecular complexity index is 788. The first kappa shape index (κ1) is 15.9. The SMILES string of the molecule is COc1cc(Cl)nc(NS(=O)(=O)c2ccc(F)cc2Br)n1. The quantitative estimate of drug-likeness (QED) is 0.804. The van der Waals surface area contributed by atoms with Crippen molar-refractivity contribution in [2.75, 3.05) is 11.8 Å². The maximum Gasteiger partial charge on any atom is 0.265 e. The zero-order valence-corrected chi connectivity index (χ0v) is 13.6. The van der Waals surface area contributed by atoms with Gasteiger partial charge in [0.05, 0.1) is 7.11 Å². The maximum absolute atomic E-state index is 13.0. The molecule has 112 valence electrons. The molecule has 0 spiro atoms.